The first-order valence-corrected chi connectivity index (χ1v) is 9.78. The van der Waals surface area contributed by atoms with E-state index >= 15 is 0 Å². The van der Waals surface area contributed by atoms with Gasteiger partial charge in [-0.2, -0.15) is 0 Å². The van der Waals surface area contributed by atoms with E-state index in [2.05, 4.69) is 5.32 Å². The van der Waals surface area contributed by atoms with E-state index in [0.29, 0.717) is 12.1 Å². The van der Waals surface area contributed by atoms with Gasteiger partial charge in [-0.1, -0.05) is 51.1 Å². The number of nitrogens with zero attached hydrogens (tertiary/aromatic N) is 1. The third kappa shape index (κ3) is 4.94. The van der Waals surface area contributed by atoms with Crippen molar-refractivity contribution in [1.29, 1.82) is 0 Å². The lowest BCUT2D eigenvalue weighted by Crippen LogP contribution is -2.39. The molecule has 0 saturated heterocycles. The molecule has 0 spiro atoms. The summed E-state index contributed by atoms with van der Waals surface area (Å²) in [5.41, 5.74) is 2.05. The van der Waals surface area contributed by atoms with Gasteiger partial charge in [-0.25, -0.2) is 8.78 Å². The lowest BCUT2D eigenvalue weighted by molar-refractivity contribution is -0.125. The van der Waals surface area contributed by atoms with Crippen LogP contribution in [0.15, 0.2) is 60.8 Å². The lowest BCUT2D eigenvalue weighted by Gasteiger charge is -2.32. The molecule has 30 heavy (non-hydrogen) atoms. The minimum absolute atomic E-state index is 0.157. The molecule has 1 aromatic heterocycles. The largest absolute Gasteiger partial charge is 0.387 e. The molecule has 158 valence electrons. The van der Waals surface area contributed by atoms with Gasteiger partial charge in [-0.15, -0.1) is 0 Å². The summed E-state index contributed by atoms with van der Waals surface area (Å²) in [4.78, 5) is 12.0. The molecule has 1 heterocycles. The van der Waals surface area contributed by atoms with Gasteiger partial charge in [0.25, 0.3) is 0 Å². The molecule has 3 rings (SSSR count). The Morgan fingerprint density at radius 3 is 2.43 bits per heavy atom. The van der Waals surface area contributed by atoms with Crippen LogP contribution in [0.3, 0.4) is 0 Å². The minimum atomic E-state index is -0.628. The minimum Gasteiger partial charge on any atom is -0.387 e. The fourth-order valence-electron chi connectivity index (χ4n) is 3.49. The third-order valence-electron chi connectivity index (χ3n) is 4.98. The van der Waals surface area contributed by atoms with Gasteiger partial charge in [0.15, 0.2) is 0 Å². The van der Waals surface area contributed by atoms with Crippen LogP contribution < -0.4 is 5.32 Å². The molecular formula is C24H26F2N2O2. The number of hydrogen-bond acceptors (Lipinski definition) is 2. The summed E-state index contributed by atoms with van der Waals surface area (Å²) in [6.07, 6.45) is 1.77. The molecule has 1 amide bonds. The maximum absolute atomic E-state index is 14.4. The number of halogens is 2. The molecule has 0 bridgehead atoms. The van der Waals surface area contributed by atoms with Crippen LogP contribution in [-0.4, -0.2) is 22.2 Å². The highest BCUT2D eigenvalue weighted by molar-refractivity contribution is 5.77. The lowest BCUT2D eigenvalue weighted by atomic mass is 9.84. The molecule has 0 aliphatic rings. The Hall–Kier alpha value is -2.99. The van der Waals surface area contributed by atoms with Crippen LogP contribution in [0.2, 0.25) is 0 Å². The van der Waals surface area contributed by atoms with Crippen LogP contribution in [0.1, 0.15) is 38.1 Å². The second kappa shape index (κ2) is 8.79. The summed E-state index contributed by atoms with van der Waals surface area (Å²) in [6.45, 7) is 5.78. The molecular weight excluding hydrogens is 386 g/mol. The van der Waals surface area contributed by atoms with Crippen LogP contribution in [0, 0.1) is 17.0 Å². The quantitative estimate of drug-likeness (QED) is 0.618. The van der Waals surface area contributed by atoms with Crippen molar-refractivity contribution in [3.05, 3.63) is 83.7 Å². The van der Waals surface area contributed by atoms with Gasteiger partial charge in [0.05, 0.1) is 6.04 Å². The summed E-state index contributed by atoms with van der Waals surface area (Å²) < 4.78 is 30.2. The van der Waals surface area contributed by atoms with E-state index in [1.165, 1.54) is 6.07 Å². The summed E-state index contributed by atoms with van der Waals surface area (Å²) >= 11 is 0. The van der Waals surface area contributed by atoms with Crippen LogP contribution in [0.5, 0.6) is 0 Å². The average molecular weight is 412 g/mol. The summed E-state index contributed by atoms with van der Waals surface area (Å²) in [6, 6.07) is 14.4. The molecule has 0 unspecified atom stereocenters. The molecule has 6 heteroatoms. The SMILES string of the molecule is CC(C)(C)[C@@H](NC(=O)CO)c1cc(-c2cc(F)ccc2F)cn1Cc1ccccc1. The first-order valence-electron chi connectivity index (χ1n) is 9.78. The second-order valence-corrected chi connectivity index (χ2v) is 8.42. The monoisotopic (exact) mass is 412 g/mol. The number of carbonyl (C=O) groups is 1. The number of aliphatic hydroxyl groups excluding tert-OH is 1. The highest BCUT2D eigenvalue weighted by atomic mass is 19.1. The number of aromatic nitrogens is 1. The van der Waals surface area contributed by atoms with Crippen LogP contribution >= 0.6 is 0 Å². The molecule has 1 atom stereocenters. The topological polar surface area (TPSA) is 54.3 Å². The van der Waals surface area contributed by atoms with Crippen LogP contribution in [0.25, 0.3) is 11.1 Å². The summed E-state index contributed by atoms with van der Waals surface area (Å²) in [7, 11) is 0. The Morgan fingerprint density at radius 2 is 1.80 bits per heavy atom. The number of amides is 1. The van der Waals surface area contributed by atoms with E-state index in [-0.39, 0.29) is 5.56 Å². The predicted molar refractivity (Wildman–Crippen MR) is 113 cm³/mol. The molecule has 0 aliphatic carbocycles. The van der Waals surface area contributed by atoms with Crippen molar-refractivity contribution in [2.24, 2.45) is 5.41 Å². The van der Waals surface area contributed by atoms with Crippen LogP contribution in [0.4, 0.5) is 8.78 Å². The molecule has 2 N–H and O–H groups in total. The molecule has 4 nitrogen and oxygen atoms in total. The van der Waals surface area contributed by atoms with Crippen molar-refractivity contribution in [2.75, 3.05) is 6.61 Å². The van der Waals surface area contributed by atoms with Crippen LogP contribution in [-0.2, 0) is 11.3 Å². The van der Waals surface area contributed by atoms with E-state index in [1.807, 2.05) is 55.7 Å². The Bertz CT molecular complexity index is 1020. The zero-order valence-corrected chi connectivity index (χ0v) is 17.3. The highest BCUT2D eigenvalue weighted by Gasteiger charge is 2.31. The number of aliphatic hydroxyl groups is 1. The molecule has 0 radical (unpaired) electrons. The Balaban J connectivity index is 2.14. The van der Waals surface area contributed by atoms with Gasteiger partial charge < -0.3 is 15.0 Å². The van der Waals surface area contributed by atoms with Gasteiger partial charge in [-0.3, -0.25) is 4.79 Å². The van der Waals surface area contributed by atoms with Gasteiger partial charge in [0.1, 0.15) is 18.2 Å². The zero-order chi connectivity index (χ0) is 21.9. The maximum atomic E-state index is 14.4. The maximum Gasteiger partial charge on any atom is 0.246 e. The molecule has 3 aromatic rings. The first kappa shape index (κ1) is 21.7. The normalized spacial score (nSPS) is 12.6. The second-order valence-electron chi connectivity index (χ2n) is 8.42. The van der Waals surface area contributed by atoms with Crippen molar-refractivity contribution in [2.45, 2.75) is 33.4 Å². The Kier molecular flexibility index (Phi) is 6.37. The molecule has 0 saturated carbocycles. The van der Waals surface area contributed by atoms with E-state index in [1.54, 1.807) is 12.3 Å². The number of nitrogens with one attached hydrogen (secondary N) is 1. The smallest absolute Gasteiger partial charge is 0.246 e. The van der Waals surface area contributed by atoms with Crippen molar-refractivity contribution in [3.8, 4) is 11.1 Å². The van der Waals surface area contributed by atoms with Gasteiger partial charge in [-0.05, 0) is 35.2 Å². The van der Waals surface area contributed by atoms with Gasteiger partial charge in [0, 0.05) is 29.6 Å². The fraction of sp³-hybridized carbons (Fsp3) is 0.292. The molecule has 0 aliphatic heterocycles. The number of benzene rings is 2. The van der Waals surface area contributed by atoms with E-state index in [4.69, 9.17) is 0 Å². The van der Waals surface area contributed by atoms with Crippen molar-refractivity contribution < 1.29 is 18.7 Å². The summed E-state index contributed by atoms with van der Waals surface area (Å²) in [5.74, 6) is -1.54. The fourth-order valence-corrected chi connectivity index (χ4v) is 3.49. The Morgan fingerprint density at radius 1 is 1.10 bits per heavy atom. The molecule has 2 aromatic carbocycles. The molecule has 0 fully saturated rings. The van der Waals surface area contributed by atoms with Crippen molar-refractivity contribution in [1.82, 2.24) is 9.88 Å². The van der Waals surface area contributed by atoms with E-state index in [9.17, 15) is 18.7 Å². The first-order chi connectivity index (χ1) is 14.2. The highest BCUT2D eigenvalue weighted by Crippen LogP contribution is 2.37. The number of carbonyl (C=O) groups excluding carboxylic acids is 1. The number of hydrogen-bond donors (Lipinski definition) is 2. The Labute approximate surface area is 175 Å². The van der Waals surface area contributed by atoms with Gasteiger partial charge in [0.2, 0.25) is 5.91 Å². The van der Waals surface area contributed by atoms with E-state index < -0.39 is 35.6 Å². The van der Waals surface area contributed by atoms with Crippen molar-refractivity contribution >= 4 is 5.91 Å². The third-order valence-corrected chi connectivity index (χ3v) is 4.98. The summed E-state index contributed by atoms with van der Waals surface area (Å²) in [5, 5.41) is 12.1. The van der Waals surface area contributed by atoms with Gasteiger partial charge >= 0.3 is 0 Å². The van der Waals surface area contributed by atoms with Crippen molar-refractivity contribution in [3.63, 3.8) is 0 Å². The average Bonchev–Trinajstić information content (AvgIpc) is 3.10. The standard InChI is InChI=1S/C24H26F2N2O2/c1-24(2,3)23(27-22(30)15-29)21-11-17(19-12-18(25)9-10-20(19)26)14-28(21)13-16-7-5-4-6-8-16/h4-12,14,23,29H,13,15H2,1-3H3,(H,27,30)/t23-/m0/s1. The number of rotatable bonds is 6. The predicted octanol–water partition coefficient (Wildman–Crippen LogP) is 4.68. The zero-order valence-electron chi connectivity index (χ0n) is 17.3. The van der Waals surface area contributed by atoms with E-state index in [0.717, 1.165) is 23.4 Å².